The highest BCUT2D eigenvalue weighted by Crippen LogP contribution is 2.31. The predicted molar refractivity (Wildman–Crippen MR) is 69.7 cm³/mol. The maximum absolute atomic E-state index is 12.7. The minimum atomic E-state index is -2.82. The number of aromatic nitrogens is 1. The van der Waals surface area contributed by atoms with Crippen LogP contribution >= 0.6 is 38.9 Å². The van der Waals surface area contributed by atoms with E-state index in [9.17, 15) is 13.6 Å². The topological polar surface area (TPSA) is 30.0 Å². The Morgan fingerprint density at radius 1 is 1.33 bits per heavy atom. The molecule has 7 heteroatoms. The molecule has 1 heterocycles. The minimum absolute atomic E-state index is 0.0641. The molecule has 0 unspecified atom stereocenters. The molecule has 0 spiro atoms. The van der Waals surface area contributed by atoms with Crippen LogP contribution in [0.3, 0.4) is 0 Å². The number of benzene rings is 1. The predicted octanol–water partition coefficient (Wildman–Crippen LogP) is 4.73. The van der Waals surface area contributed by atoms with Crippen molar-refractivity contribution in [3.05, 3.63) is 49.3 Å². The third-order valence-electron chi connectivity index (χ3n) is 2.15. The Morgan fingerprint density at radius 3 is 2.50 bits per heavy atom. The van der Waals surface area contributed by atoms with Crippen LogP contribution in [0.5, 0.6) is 0 Å². The van der Waals surface area contributed by atoms with E-state index in [1.54, 1.807) is 24.3 Å². The van der Waals surface area contributed by atoms with Crippen molar-refractivity contribution in [3.63, 3.8) is 0 Å². The fraction of sp³-hybridized carbons (Fsp3) is 0.0909. The second kappa shape index (κ2) is 5.42. The van der Waals surface area contributed by atoms with Crippen molar-refractivity contribution in [2.75, 3.05) is 0 Å². The van der Waals surface area contributed by atoms with Gasteiger partial charge in [-0.1, -0.05) is 38.9 Å². The fourth-order valence-corrected chi connectivity index (χ4v) is 2.70. The molecular formula is C11H5BrClF2NOS. The summed E-state index contributed by atoms with van der Waals surface area (Å²) in [4.78, 5) is 15.4. The molecule has 1 aromatic heterocycles. The number of carbonyl (C=O) groups is 1. The van der Waals surface area contributed by atoms with Gasteiger partial charge in [0.1, 0.15) is 10.6 Å². The van der Waals surface area contributed by atoms with Crippen LogP contribution in [0.15, 0.2) is 28.7 Å². The van der Waals surface area contributed by atoms with Gasteiger partial charge in [-0.3, -0.25) is 4.79 Å². The summed E-state index contributed by atoms with van der Waals surface area (Å²) in [6, 6.07) is 6.43. The maximum Gasteiger partial charge on any atom is 0.282 e. The van der Waals surface area contributed by atoms with Gasteiger partial charge in [0.2, 0.25) is 5.78 Å². The summed E-state index contributed by atoms with van der Waals surface area (Å²) < 4.78 is 26.2. The van der Waals surface area contributed by atoms with E-state index in [-0.39, 0.29) is 9.34 Å². The molecule has 94 valence electrons. The highest BCUT2D eigenvalue weighted by atomic mass is 79.9. The van der Waals surface area contributed by atoms with Crippen LogP contribution < -0.4 is 0 Å². The zero-order chi connectivity index (χ0) is 13.3. The number of hydrogen-bond donors (Lipinski definition) is 0. The lowest BCUT2D eigenvalue weighted by molar-refractivity contribution is 0.102. The quantitative estimate of drug-likeness (QED) is 0.748. The number of hydrogen-bond acceptors (Lipinski definition) is 3. The van der Waals surface area contributed by atoms with E-state index in [1.165, 1.54) is 0 Å². The Labute approximate surface area is 119 Å². The van der Waals surface area contributed by atoms with E-state index in [0.717, 1.165) is 15.8 Å². The van der Waals surface area contributed by atoms with Crippen LogP contribution in [0.4, 0.5) is 8.78 Å². The first kappa shape index (κ1) is 13.6. The average molecular weight is 353 g/mol. The molecule has 2 aromatic rings. The molecule has 0 radical (unpaired) electrons. The molecule has 0 saturated heterocycles. The van der Waals surface area contributed by atoms with E-state index in [0.29, 0.717) is 5.56 Å². The van der Waals surface area contributed by atoms with Crippen molar-refractivity contribution in [1.82, 2.24) is 4.98 Å². The average Bonchev–Trinajstić information content (AvgIpc) is 2.71. The Kier molecular flexibility index (Phi) is 4.09. The maximum atomic E-state index is 12.7. The van der Waals surface area contributed by atoms with Gasteiger partial charge in [-0.05, 0) is 24.3 Å². The largest absolute Gasteiger partial charge is 0.288 e. The molecule has 0 aliphatic heterocycles. The molecule has 0 N–H and O–H groups in total. The molecule has 2 nitrogen and oxygen atoms in total. The number of halogens is 4. The van der Waals surface area contributed by atoms with Crippen molar-refractivity contribution in [2.45, 2.75) is 6.43 Å². The number of nitrogens with zero attached hydrogens (tertiary/aromatic N) is 1. The van der Waals surface area contributed by atoms with Crippen molar-refractivity contribution in [3.8, 4) is 0 Å². The van der Waals surface area contributed by atoms with Crippen LogP contribution in [0, 0.1) is 0 Å². The molecule has 0 aliphatic rings. The zero-order valence-corrected chi connectivity index (χ0v) is 11.8. The normalized spacial score (nSPS) is 10.9. The molecule has 0 fully saturated rings. The number of carbonyl (C=O) groups excluding carboxylic acids is 1. The summed E-state index contributed by atoms with van der Waals surface area (Å²) in [5.74, 6) is -0.498. The van der Waals surface area contributed by atoms with Crippen molar-refractivity contribution < 1.29 is 13.6 Å². The monoisotopic (exact) mass is 351 g/mol. The van der Waals surface area contributed by atoms with Gasteiger partial charge in [0.25, 0.3) is 6.43 Å². The van der Waals surface area contributed by atoms with Crippen LogP contribution in [-0.4, -0.2) is 10.8 Å². The fourth-order valence-electron chi connectivity index (χ4n) is 1.35. The van der Waals surface area contributed by atoms with E-state index < -0.39 is 17.9 Å². The van der Waals surface area contributed by atoms with E-state index in [4.69, 9.17) is 11.6 Å². The second-order valence-corrected chi connectivity index (χ2v) is 5.81. The van der Waals surface area contributed by atoms with Gasteiger partial charge < -0.3 is 0 Å². The Morgan fingerprint density at radius 2 is 1.94 bits per heavy atom. The lowest BCUT2D eigenvalue weighted by atomic mass is 10.1. The number of ketones is 1. The van der Waals surface area contributed by atoms with Crippen LogP contribution in [0.1, 0.15) is 27.4 Å². The van der Waals surface area contributed by atoms with Gasteiger partial charge >= 0.3 is 0 Å². The summed E-state index contributed by atoms with van der Waals surface area (Å²) >= 11 is 9.57. The van der Waals surface area contributed by atoms with Crippen LogP contribution in [0.2, 0.25) is 4.47 Å². The minimum Gasteiger partial charge on any atom is -0.288 e. The lowest BCUT2D eigenvalue weighted by Crippen LogP contribution is -2.03. The SMILES string of the molecule is O=C(c1ccc(Br)cc1)c1sc(Cl)nc1C(F)F. The summed E-state index contributed by atoms with van der Waals surface area (Å²) in [7, 11) is 0. The van der Waals surface area contributed by atoms with Crippen LogP contribution in [-0.2, 0) is 0 Å². The van der Waals surface area contributed by atoms with Crippen molar-refractivity contribution in [1.29, 1.82) is 0 Å². The van der Waals surface area contributed by atoms with E-state index in [2.05, 4.69) is 20.9 Å². The van der Waals surface area contributed by atoms with E-state index in [1.807, 2.05) is 0 Å². The third-order valence-corrected chi connectivity index (χ3v) is 3.85. The Hall–Kier alpha value is -0.850. The molecule has 2 rings (SSSR count). The standard InChI is InChI=1S/C11H5BrClF2NOS/c12-6-3-1-5(2-4-6)8(17)9-7(10(14)15)16-11(13)18-9/h1-4,10H. The molecule has 0 bridgehead atoms. The molecule has 0 saturated carbocycles. The summed E-state index contributed by atoms with van der Waals surface area (Å²) in [6.45, 7) is 0. The first-order chi connectivity index (χ1) is 8.49. The summed E-state index contributed by atoms with van der Waals surface area (Å²) in [5.41, 5.74) is -0.238. The molecule has 18 heavy (non-hydrogen) atoms. The number of thiazole rings is 1. The highest BCUT2D eigenvalue weighted by molar-refractivity contribution is 9.10. The van der Waals surface area contributed by atoms with Gasteiger partial charge in [-0.15, -0.1) is 0 Å². The smallest absolute Gasteiger partial charge is 0.282 e. The van der Waals surface area contributed by atoms with Gasteiger partial charge in [0.05, 0.1) is 0 Å². The zero-order valence-electron chi connectivity index (χ0n) is 8.66. The molecule has 1 aromatic carbocycles. The highest BCUT2D eigenvalue weighted by Gasteiger charge is 2.24. The van der Waals surface area contributed by atoms with Gasteiger partial charge in [-0.2, -0.15) is 0 Å². The molecule has 0 amide bonds. The first-order valence-electron chi connectivity index (χ1n) is 4.73. The second-order valence-electron chi connectivity index (χ2n) is 3.32. The molecular weight excluding hydrogens is 348 g/mol. The number of alkyl halides is 2. The molecule has 0 atom stereocenters. The van der Waals surface area contributed by atoms with Crippen LogP contribution in [0.25, 0.3) is 0 Å². The van der Waals surface area contributed by atoms with Crippen molar-refractivity contribution >= 4 is 44.7 Å². The summed E-state index contributed by atoms with van der Waals surface area (Å²) in [6.07, 6.45) is -2.82. The lowest BCUT2D eigenvalue weighted by Gasteiger charge is -2.01. The van der Waals surface area contributed by atoms with Gasteiger partial charge in [0, 0.05) is 10.0 Å². The third kappa shape index (κ3) is 2.76. The Bertz CT molecular complexity index is 585. The van der Waals surface area contributed by atoms with E-state index >= 15 is 0 Å². The molecule has 0 aliphatic carbocycles. The van der Waals surface area contributed by atoms with Gasteiger partial charge in [-0.25, -0.2) is 13.8 Å². The van der Waals surface area contributed by atoms with Gasteiger partial charge in [0.15, 0.2) is 4.47 Å². The number of rotatable bonds is 3. The first-order valence-corrected chi connectivity index (χ1v) is 6.72. The summed E-state index contributed by atoms with van der Waals surface area (Å²) in [5, 5.41) is 0. The van der Waals surface area contributed by atoms with Crippen molar-refractivity contribution in [2.24, 2.45) is 0 Å². The Balaban J connectivity index is 2.42.